The maximum absolute atomic E-state index is 11.1. The number of quaternary nitrogens is 1. The van der Waals surface area contributed by atoms with Crippen LogP contribution < -0.4 is 5.06 Å². The Morgan fingerprint density at radius 2 is 2.50 bits per heavy atom. The number of nitriles is 1. The topological polar surface area (TPSA) is 60.5 Å². The fourth-order valence-corrected chi connectivity index (χ4v) is 1.51. The van der Waals surface area contributed by atoms with Gasteiger partial charge in [0.15, 0.2) is 0 Å². The SMILES string of the molecule is CCCC1(C#N)C[NH+]([O-])CCO1. The van der Waals surface area contributed by atoms with Crippen molar-refractivity contribution in [1.82, 2.24) is 0 Å². The first-order valence-electron chi connectivity index (χ1n) is 4.29. The average molecular weight is 170 g/mol. The molecule has 1 N–H and O–H groups in total. The minimum absolute atomic E-state index is 0.149. The summed E-state index contributed by atoms with van der Waals surface area (Å²) < 4.78 is 5.34. The molecule has 2 unspecified atom stereocenters. The van der Waals surface area contributed by atoms with Crippen molar-refractivity contribution in [2.24, 2.45) is 0 Å². The Bertz CT molecular complexity index is 186. The van der Waals surface area contributed by atoms with Crippen LogP contribution in [0.4, 0.5) is 0 Å². The van der Waals surface area contributed by atoms with E-state index in [0.29, 0.717) is 19.6 Å². The molecule has 0 aromatic rings. The van der Waals surface area contributed by atoms with Crippen LogP contribution in [0.2, 0.25) is 0 Å². The Morgan fingerprint density at radius 3 is 3.00 bits per heavy atom. The molecule has 1 rings (SSSR count). The quantitative estimate of drug-likeness (QED) is 0.566. The third kappa shape index (κ3) is 1.95. The number of hydrogen-bond acceptors (Lipinski definition) is 3. The van der Waals surface area contributed by atoms with Crippen molar-refractivity contribution >= 4 is 0 Å². The molecule has 0 spiro atoms. The number of nitrogens with zero attached hydrogens (tertiary/aromatic N) is 1. The van der Waals surface area contributed by atoms with E-state index in [1.807, 2.05) is 6.92 Å². The normalized spacial score (nSPS) is 35.9. The van der Waals surface area contributed by atoms with E-state index in [1.54, 1.807) is 0 Å². The van der Waals surface area contributed by atoms with E-state index >= 15 is 0 Å². The molecule has 4 heteroatoms. The molecule has 1 aliphatic heterocycles. The molecule has 0 aromatic heterocycles. The minimum Gasteiger partial charge on any atom is -0.634 e. The predicted octanol–water partition coefficient (Wildman–Crippen LogP) is -0.538. The van der Waals surface area contributed by atoms with Crippen molar-refractivity contribution in [2.75, 3.05) is 19.7 Å². The lowest BCUT2D eigenvalue weighted by atomic mass is 9.98. The number of nitrogens with one attached hydrogen (secondary N) is 1. The van der Waals surface area contributed by atoms with Crippen LogP contribution in [0.25, 0.3) is 0 Å². The molecule has 0 aromatic carbocycles. The number of morpholine rings is 1. The number of hydrogen-bond donors (Lipinski definition) is 1. The molecule has 0 amide bonds. The molecule has 1 fully saturated rings. The lowest BCUT2D eigenvalue weighted by Gasteiger charge is -2.37. The van der Waals surface area contributed by atoms with Gasteiger partial charge in [0.1, 0.15) is 19.2 Å². The Labute approximate surface area is 72.3 Å². The third-order valence-electron chi connectivity index (χ3n) is 2.10. The van der Waals surface area contributed by atoms with Crippen molar-refractivity contribution in [3.63, 3.8) is 0 Å². The first kappa shape index (κ1) is 9.46. The Balaban J connectivity index is 2.59. The van der Waals surface area contributed by atoms with E-state index in [0.717, 1.165) is 6.42 Å². The van der Waals surface area contributed by atoms with Crippen LogP contribution in [-0.2, 0) is 4.74 Å². The molecule has 1 saturated heterocycles. The maximum Gasteiger partial charge on any atom is 0.203 e. The summed E-state index contributed by atoms with van der Waals surface area (Å²) in [5, 5.41) is 20.1. The van der Waals surface area contributed by atoms with Gasteiger partial charge in [0.25, 0.3) is 0 Å². The van der Waals surface area contributed by atoms with Crippen LogP contribution in [0.15, 0.2) is 0 Å². The van der Waals surface area contributed by atoms with E-state index in [-0.39, 0.29) is 11.6 Å². The number of hydroxylamine groups is 2. The summed E-state index contributed by atoms with van der Waals surface area (Å²) in [5.41, 5.74) is -0.802. The van der Waals surface area contributed by atoms with Gasteiger partial charge in [-0.1, -0.05) is 13.3 Å². The lowest BCUT2D eigenvalue weighted by molar-refractivity contribution is -0.865. The monoisotopic (exact) mass is 170 g/mol. The van der Waals surface area contributed by atoms with Gasteiger partial charge < -0.3 is 15.0 Å². The van der Waals surface area contributed by atoms with Crippen LogP contribution in [0.5, 0.6) is 0 Å². The highest BCUT2D eigenvalue weighted by molar-refractivity contribution is 5.02. The highest BCUT2D eigenvalue weighted by Gasteiger charge is 2.36. The molecule has 12 heavy (non-hydrogen) atoms. The summed E-state index contributed by atoms with van der Waals surface area (Å²) in [6, 6.07) is 2.11. The fourth-order valence-electron chi connectivity index (χ4n) is 1.51. The van der Waals surface area contributed by atoms with Crippen LogP contribution in [0, 0.1) is 16.5 Å². The first-order valence-corrected chi connectivity index (χ1v) is 4.29. The molecule has 0 saturated carbocycles. The fraction of sp³-hybridized carbons (Fsp3) is 0.875. The van der Waals surface area contributed by atoms with Gasteiger partial charge in [0, 0.05) is 0 Å². The first-order chi connectivity index (χ1) is 5.72. The summed E-state index contributed by atoms with van der Waals surface area (Å²) >= 11 is 0. The molecule has 0 aliphatic carbocycles. The van der Waals surface area contributed by atoms with Gasteiger partial charge in [0.2, 0.25) is 5.60 Å². The van der Waals surface area contributed by atoms with E-state index in [4.69, 9.17) is 10.00 Å². The second-order valence-corrected chi connectivity index (χ2v) is 3.17. The van der Waals surface area contributed by atoms with Gasteiger partial charge in [-0.2, -0.15) is 5.26 Å². The molecule has 68 valence electrons. The molecule has 0 radical (unpaired) electrons. The van der Waals surface area contributed by atoms with Crippen molar-refractivity contribution in [2.45, 2.75) is 25.4 Å². The molecule has 1 aliphatic rings. The largest absolute Gasteiger partial charge is 0.634 e. The van der Waals surface area contributed by atoms with E-state index in [2.05, 4.69) is 6.07 Å². The van der Waals surface area contributed by atoms with Gasteiger partial charge in [-0.25, -0.2) is 0 Å². The molecular formula is C8H14N2O2. The van der Waals surface area contributed by atoms with Crippen LogP contribution in [-0.4, -0.2) is 25.3 Å². The zero-order valence-corrected chi connectivity index (χ0v) is 7.30. The van der Waals surface area contributed by atoms with Crippen LogP contribution in [0.3, 0.4) is 0 Å². The second kappa shape index (κ2) is 3.85. The zero-order chi connectivity index (χ0) is 9.03. The number of rotatable bonds is 2. The van der Waals surface area contributed by atoms with Crippen LogP contribution in [0.1, 0.15) is 19.8 Å². The summed E-state index contributed by atoms with van der Waals surface area (Å²) in [6.07, 6.45) is 1.54. The standard InChI is InChI=1S/C8H14N2O2/c1-2-3-8(6-9)7-10(11)4-5-12-8/h10H,2-5,7H2,1H3. The Morgan fingerprint density at radius 1 is 1.75 bits per heavy atom. The maximum atomic E-state index is 11.1. The van der Waals surface area contributed by atoms with Gasteiger partial charge in [-0.05, 0) is 6.42 Å². The second-order valence-electron chi connectivity index (χ2n) is 3.17. The van der Waals surface area contributed by atoms with Gasteiger partial charge in [0.05, 0.1) is 6.61 Å². The Kier molecular flexibility index (Phi) is 3.04. The van der Waals surface area contributed by atoms with E-state index in [9.17, 15) is 5.21 Å². The average Bonchev–Trinajstić information content (AvgIpc) is 2.05. The summed E-state index contributed by atoms with van der Waals surface area (Å²) in [4.78, 5) is 0. The van der Waals surface area contributed by atoms with E-state index in [1.165, 1.54) is 0 Å². The predicted molar refractivity (Wildman–Crippen MR) is 43.3 cm³/mol. The number of ether oxygens (including phenoxy) is 1. The summed E-state index contributed by atoms with van der Waals surface area (Å²) in [5.74, 6) is 0. The van der Waals surface area contributed by atoms with Crippen molar-refractivity contribution in [3.05, 3.63) is 5.21 Å². The van der Waals surface area contributed by atoms with E-state index < -0.39 is 5.60 Å². The van der Waals surface area contributed by atoms with Gasteiger partial charge in [-0.3, -0.25) is 0 Å². The van der Waals surface area contributed by atoms with Crippen LogP contribution >= 0.6 is 0 Å². The van der Waals surface area contributed by atoms with Gasteiger partial charge in [-0.15, -0.1) is 0 Å². The highest BCUT2D eigenvalue weighted by Crippen LogP contribution is 2.16. The zero-order valence-electron chi connectivity index (χ0n) is 7.30. The Hall–Kier alpha value is -0.630. The molecule has 4 nitrogen and oxygen atoms in total. The van der Waals surface area contributed by atoms with Gasteiger partial charge >= 0.3 is 0 Å². The van der Waals surface area contributed by atoms with Crippen molar-refractivity contribution < 1.29 is 9.80 Å². The van der Waals surface area contributed by atoms with Crippen molar-refractivity contribution in [1.29, 1.82) is 5.26 Å². The lowest BCUT2D eigenvalue weighted by Crippen LogP contribution is -3.11. The molecular weight excluding hydrogens is 156 g/mol. The summed E-state index contributed by atoms with van der Waals surface area (Å²) in [7, 11) is 0. The minimum atomic E-state index is -0.802. The summed E-state index contributed by atoms with van der Waals surface area (Å²) in [6.45, 7) is 3.14. The molecule has 2 atom stereocenters. The third-order valence-corrected chi connectivity index (χ3v) is 2.10. The highest BCUT2D eigenvalue weighted by atomic mass is 16.5. The molecule has 0 bridgehead atoms. The smallest absolute Gasteiger partial charge is 0.203 e. The van der Waals surface area contributed by atoms with Crippen molar-refractivity contribution in [3.8, 4) is 6.07 Å². The molecule has 1 heterocycles.